The first-order chi connectivity index (χ1) is 9.15. The monoisotopic (exact) mass is 268 g/mol. The molecule has 0 radical (unpaired) electrons. The first-order valence-electron chi connectivity index (χ1n) is 6.30. The van der Waals surface area contributed by atoms with Crippen LogP contribution < -0.4 is 23.8 Å². The van der Waals surface area contributed by atoms with Gasteiger partial charge in [0.15, 0.2) is 5.82 Å². The van der Waals surface area contributed by atoms with Crippen LogP contribution in [0, 0.1) is 0 Å². The minimum absolute atomic E-state index is 0. The topological polar surface area (TPSA) is 72.5 Å². The average Bonchev–Trinajstić information content (AvgIpc) is 2.82. The molecule has 0 aliphatic carbocycles. The van der Waals surface area contributed by atoms with E-state index in [9.17, 15) is 4.79 Å². The summed E-state index contributed by atoms with van der Waals surface area (Å²) < 4.78 is 0. The molecule has 7 heteroatoms. The van der Waals surface area contributed by atoms with Crippen molar-refractivity contribution in [3.63, 3.8) is 0 Å². The van der Waals surface area contributed by atoms with Gasteiger partial charge in [0, 0.05) is 31.6 Å². The van der Waals surface area contributed by atoms with Crippen molar-refractivity contribution in [2.75, 3.05) is 38.1 Å². The second-order valence-electron chi connectivity index (χ2n) is 4.90. The van der Waals surface area contributed by atoms with E-state index in [-0.39, 0.29) is 25.9 Å². The molecule has 0 unspecified atom stereocenters. The van der Waals surface area contributed by atoms with E-state index in [4.69, 9.17) is 5.11 Å². The molecule has 0 saturated carbocycles. The third kappa shape index (κ3) is 2.68. The normalized spacial score (nSPS) is 16.1. The number of likely N-dealkylation sites (N-methyl/N-ethyl adjacent to an activating group) is 1. The standard InChI is InChI=1S/C13H16N4O2.Li.H/c1-16-4-6-17(7-5-16)12-10-3-2-9(13(18)19)8-11(10)14-15-12;;/h2-3,8H,4-7H2,1H3,(H,14,15)(H,18,19);;/q;+1;-1. The van der Waals surface area contributed by atoms with E-state index >= 15 is 0 Å². The fourth-order valence-corrected chi connectivity index (χ4v) is 2.40. The van der Waals surface area contributed by atoms with Crippen molar-refractivity contribution < 1.29 is 30.2 Å². The molecule has 1 saturated heterocycles. The van der Waals surface area contributed by atoms with Gasteiger partial charge in [-0.1, -0.05) is 0 Å². The molecule has 1 aromatic heterocycles. The SMILES string of the molecule is CN1CCN(c2n[nH]c3cc(C(=O)O)ccc23)CC1.[H-].[Li+]. The number of hydrogen-bond donors (Lipinski definition) is 2. The molecule has 2 N–H and O–H groups in total. The van der Waals surface area contributed by atoms with Crippen LogP contribution in [0.4, 0.5) is 5.82 Å². The molecular formula is C13H17LiN4O2. The van der Waals surface area contributed by atoms with Gasteiger partial charge in [-0.25, -0.2) is 4.79 Å². The quantitative estimate of drug-likeness (QED) is 0.624. The Balaban J connectivity index is 0.00000110. The van der Waals surface area contributed by atoms with Crippen LogP contribution in [-0.2, 0) is 0 Å². The van der Waals surface area contributed by atoms with Gasteiger partial charge < -0.3 is 16.3 Å². The number of aromatic carboxylic acids is 1. The van der Waals surface area contributed by atoms with Crippen LogP contribution >= 0.6 is 0 Å². The van der Waals surface area contributed by atoms with Gasteiger partial charge in [-0.15, -0.1) is 0 Å². The zero-order chi connectivity index (χ0) is 13.4. The Morgan fingerprint density at radius 2 is 2.05 bits per heavy atom. The van der Waals surface area contributed by atoms with Gasteiger partial charge >= 0.3 is 24.8 Å². The molecule has 1 aliphatic heterocycles. The summed E-state index contributed by atoms with van der Waals surface area (Å²) in [4.78, 5) is 15.5. The van der Waals surface area contributed by atoms with Gasteiger partial charge in [0.05, 0.1) is 11.1 Å². The van der Waals surface area contributed by atoms with Gasteiger partial charge in [-0.3, -0.25) is 5.10 Å². The number of H-pyrrole nitrogens is 1. The Morgan fingerprint density at radius 1 is 1.35 bits per heavy atom. The number of anilines is 1. The van der Waals surface area contributed by atoms with Crippen molar-refractivity contribution >= 4 is 22.7 Å². The molecular weight excluding hydrogens is 251 g/mol. The molecule has 0 amide bonds. The molecule has 102 valence electrons. The Kier molecular flexibility index (Phi) is 4.38. The first-order valence-corrected chi connectivity index (χ1v) is 6.30. The fourth-order valence-electron chi connectivity index (χ4n) is 2.40. The molecule has 0 atom stereocenters. The molecule has 20 heavy (non-hydrogen) atoms. The summed E-state index contributed by atoms with van der Waals surface area (Å²) >= 11 is 0. The van der Waals surface area contributed by atoms with Crippen molar-refractivity contribution in [2.24, 2.45) is 0 Å². The molecule has 6 nitrogen and oxygen atoms in total. The van der Waals surface area contributed by atoms with Gasteiger partial charge in [-0.2, -0.15) is 5.10 Å². The van der Waals surface area contributed by atoms with E-state index in [0.717, 1.165) is 42.9 Å². The number of fused-ring (bicyclic) bond motifs is 1. The number of piperazine rings is 1. The molecule has 2 aromatic rings. The van der Waals surface area contributed by atoms with Crippen LogP contribution in [0.1, 0.15) is 11.8 Å². The third-order valence-electron chi connectivity index (χ3n) is 3.59. The minimum Gasteiger partial charge on any atom is -1.00 e. The van der Waals surface area contributed by atoms with Gasteiger partial charge in [0.1, 0.15) is 0 Å². The van der Waals surface area contributed by atoms with Crippen molar-refractivity contribution in [1.82, 2.24) is 15.1 Å². The maximum absolute atomic E-state index is 10.9. The Bertz CT molecular complexity index is 626. The number of carboxylic acids is 1. The third-order valence-corrected chi connectivity index (χ3v) is 3.59. The molecule has 3 rings (SSSR count). The van der Waals surface area contributed by atoms with Crippen molar-refractivity contribution in [3.8, 4) is 0 Å². The largest absolute Gasteiger partial charge is 1.00 e. The molecule has 1 fully saturated rings. The van der Waals surface area contributed by atoms with Crippen molar-refractivity contribution in [1.29, 1.82) is 0 Å². The van der Waals surface area contributed by atoms with E-state index in [2.05, 4.69) is 27.0 Å². The summed E-state index contributed by atoms with van der Waals surface area (Å²) in [5.41, 5.74) is 1.05. The van der Waals surface area contributed by atoms with Crippen LogP contribution in [0.3, 0.4) is 0 Å². The molecule has 0 spiro atoms. The number of nitrogens with zero attached hydrogens (tertiary/aromatic N) is 3. The summed E-state index contributed by atoms with van der Waals surface area (Å²) in [5, 5.41) is 17.2. The predicted molar refractivity (Wildman–Crippen MR) is 73.9 cm³/mol. The number of nitrogens with one attached hydrogen (secondary N) is 1. The summed E-state index contributed by atoms with van der Waals surface area (Å²) in [6.07, 6.45) is 0. The Morgan fingerprint density at radius 3 is 2.70 bits per heavy atom. The van der Waals surface area contributed by atoms with E-state index in [1.165, 1.54) is 0 Å². The summed E-state index contributed by atoms with van der Waals surface area (Å²) in [6, 6.07) is 5.08. The number of carboxylic acid groups (broad SMARTS) is 1. The van der Waals surface area contributed by atoms with Gasteiger partial charge in [0.2, 0.25) is 0 Å². The van der Waals surface area contributed by atoms with Gasteiger partial charge in [0.25, 0.3) is 0 Å². The number of aromatic nitrogens is 2. The molecule has 2 heterocycles. The van der Waals surface area contributed by atoms with E-state index < -0.39 is 5.97 Å². The first kappa shape index (κ1) is 14.9. The summed E-state index contributed by atoms with van der Waals surface area (Å²) in [7, 11) is 2.11. The van der Waals surface area contributed by atoms with Crippen LogP contribution in [0.25, 0.3) is 10.9 Å². The maximum atomic E-state index is 10.9. The van der Waals surface area contributed by atoms with Crippen molar-refractivity contribution in [3.05, 3.63) is 23.8 Å². The number of benzene rings is 1. The maximum Gasteiger partial charge on any atom is 1.00 e. The number of hydrogen-bond acceptors (Lipinski definition) is 4. The van der Waals surface area contributed by atoms with E-state index in [0.29, 0.717) is 0 Å². The Hall–Kier alpha value is -1.48. The predicted octanol–water partition coefficient (Wildman–Crippen LogP) is -1.87. The summed E-state index contributed by atoms with van der Waals surface area (Å²) in [6.45, 7) is 3.91. The zero-order valence-corrected chi connectivity index (χ0v) is 11.8. The van der Waals surface area contributed by atoms with Crippen LogP contribution in [0.5, 0.6) is 0 Å². The number of carbonyl (C=O) groups is 1. The Labute approximate surface area is 130 Å². The molecule has 1 aromatic carbocycles. The average molecular weight is 268 g/mol. The molecule has 1 aliphatic rings. The van der Waals surface area contributed by atoms with E-state index in [1.807, 2.05) is 6.07 Å². The van der Waals surface area contributed by atoms with Crippen LogP contribution in [0.2, 0.25) is 0 Å². The van der Waals surface area contributed by atoms with Crippen LogP contribution in [-0.4, -0.2) is 59.4 Å². The zero-order valence-electron chi connectivity index (χ0n) is 12.8. The number of rotatable bonds is 2. The van der Waals surface area contributed by atoms with Crippen molar-refractivity contribution in [2.45, 2.75) is 0 Å². The second kappa shape index (κ2) is 5.88. The van der Waals surface area contributed by atoms with E-state index in [1.54, 1.807) is 12.1 Å². The minimum atomic E-state index is -0.919. The molecule has 0 bridgehead atoms. The number of aromatic amines is 1. The second-order valence-corrected chi connectivity index (χ2v) is 4.90. The summed E-state index contributed by atoms with van der Waals surface area (Å²) in [5.74, 6) is -0.00214. The fraction of sp³-hybridized carbons (Fsp3) is 0.385. The van der Waals surface area contributed by atoms with Crippen LogP contribution in [0.15, 0.2) is 18.2 Å². The van der Waals surface area contributed by atoms with Gasteiger partial charge in [-0.05, 0) is 25.2 Å². The smallest absolute Gasteiger partial charge is 1.00 e.